The van der Waals surface area contributed by atoms with Crippen molar-refractivity contribution in [1.29, 1.82) is 0 Å². The molecule has 2 aromatic rings. The van der Waals surface area contributed by atoms with E-state index < -0.39 is 35.6 Å². The molecule has 1 aliphatic rings. The maximum Gasteiger partial charge on any atom is 0.416 e. The molecule has 25 heavy (non-hydrogen) atoms. The normalized spacial score (nSPS) is 20.8. The smallest absolute Gasteiger partial charge is 0.391 e. The van der Waals surface area contributed by atoms with Gasteiger partial charge in [-0.05, 0) is 24.1 Å². The van der Waals surface area contributed by atoms with Crippen molar-refractivity contribution in [3.8, 4) is 0 Å². The molecule has 2 heterocycles. The fraction of sp³-hybridized carbons (Fsp3) is 0.294. The summed E-state index contributed by atoms with van der Waals surface area (Å²) < 4.78 is 53.1. The first-order valence-corrected chi connectivity index (χ1v) is 7.53. The molecule has 132 valence electrons. The Morgan fingerprint density at radius 2 is 1.96 bits per heavy atom. The van der Waals surface area contributed by atoms with Gasteiger partial charge in [0.2, 0.25) is 0 Å². The van der Waals surface area contributed by atoms with Crippen LogP contribution in [0, 0.1) is 5.82 Å². The number of hydrogen-bond donors (Lipinski definition) is 1. The number of pyridine rings is 1. The third-order valence-corrected chi connectivity index (χ3v) is 4.12. The van der Waals surface area contributed by atoms with E-state index in [0.717, 1.165) is 29.4 Å². The van der Waals surface area contributed by atoms with Gasteiger partial charge in [0.25, 0.3) is 5.91 Å². The second kappa shape index (κ2) is 6.44. The van der Waals surface area contributed by atoms with E-state index in [0.29, 0.717) is 0 Å². The number of carbonyl (C=O) groups excluding carboxylic acids is 1. The van der Waals surface area contributed by atoms with Gasteiger partial charge in [-0.15, -0.1) is 0 Å². The number of aromatic nitrogens is 1. The van der Waals surface area contributed by atoms with Gasteiger partial charge in [-0.3, -0.25) is 9.78 Å². The fourth-order valence-electron chi connectivity index (χ4n) is 3.07. The second-order valence-corrected chi connectivity index (χ2v) is 5.84. The van der Waals surface area contributed by atoms with Crippen LogP contribution in [0.4, 0.5) is 17.6 Å². The SMILES string of the molecule is O=C(c1cncc(F)c1)N1C[C@H](O)C[C@H]1c1ccccc1C(F)(F)F. The molecule has 0 bridgehead atoms. The van der Waals surface area contributed by atoms with Gasteiger partial charge in [-0.2, -0.15) is 13.2 Å². The molecule has 0 spiro atoms. The largest absolute Gasteiger partial charge is 0.416 e. The molecule has 0 aliphatic carbocycles. The summed E-state index contributed by atoms with van der Waals surface area (Å²) in [5.41, 5.74) is -1.03. The van der Waals surface area contributed by atoms with Crippen molar-refractivity contribution in [2.45, 2.75) is 24.7 Å². The number of likely N-dealkylation sites (tertiary alicyclic amines) is 1. The van der Waals surface area contributed by atoms with E-state index in [4.69, 9.17) is 0 Å². The van der Waals surface area contributed by atoms with Crippen LogP contribution in [-0.2, 0) is 6.18 Å². The molecular formula is C17H14F4N2O2. The molecule has 8 heteroatoms. The average molecular weight is 354 g/mol. The summed E-state index contributed by atoms with van der Waals surface area (Å²) in [6.07, 6.45) is -3.51. The summed E-state index contributed by atoms with van der Waals surface area (Å²) in [4.78, 5) is 17.3. The molecule has 1 amide bonds. The molecule has 1 aromatic carbocycles. The third-order valence-electron chi connectivity index (χ3n) is 4.12. The van der Waals surface area contributed by atoms with Gasteiger partial charge in [0.1, 0.15) is 5.82 Å². The monoisotopic (exact) mass is 354 g/mol. The van der Waals surface area contributed by atoms with E-state index >= 15 is 0 Å². The molecule has 1 aliphatic heterocycles. The standard InChI is InChI=1S/C17H14F4N2O2/c18-11-5-10(7-22-8-11)16(25)23-9-12(24)6-15(23)13-3-1-2-4-14(13)17(19,20)21/h1-5,7-8,12,15,24H,6,9H2/t12-,15+/m1/s1. The number of aliphatic hydroxyl groups excluding tert-OH is 1. The van der Waals surface area contributed by atoms with Gasteiger partial charge >= 0.3 is 6.18 Å². The summed E-state index contributed by atoms with van der Waals surface area (Å²) in [5, 5.41) is 9.91. The van der Waals surface area contributed by atoms with E-state index in [1.807, 2.05) is 0 Å². The number of benzene rings is 1. The Hall–Kier alpha value is -2.48. The number of amides is 1. The number of halogens is 4. The Morgan fingerprint density at radius 1 is 1.24 bits per heavy atom. The minimum absolute atomic E-state index is 0.0262. The number of rotatable bonds is 2. The van der Waals surface area contributed by atoms with Crippen LogP contribution in [0.25, 0.3) is 0 Å². The summed E-state index contributed by atoms with van der Waals surface area (Å²) in [6.45, 7) is -0.133. The van der Waals surface area contributed by atoms with Crippen LogP contribution in [-0.4, -0.2) is 33.5 Å². The highest BCUT2D eigenvalue weighted by atomic mass is 19.4. The number of alkyl halides is 3. The molecule has 2 atom stereocenters. The van der Waals surface area contributed by atoms with Crippen molar-refractivity contribution in [2.24, 2.45) is 0 Å². The summed E-state index contributed by atoms with van der Waals surface area (Å²) >= 11 is 0. The zero-order valence-electron chi connectivity index (χ0n) is 12.9. The molecule has 1 N–H and O–H groups in total. The summed E-state index contributed by atoms with van der Waals surface area (Å²) in [5.74, 6) is -1.40. The quantitative estimate of drug-likeness (QED) is 0.843. The average Bonchev–Trinajstić information content (AvgIpc) is 2.95. The lowest BCUT2D eigenvalue weighted by Gasteiger charge is -2.27. The number of hydrogen-bond acceptors (Lipinski definition) is 3. The van der Waals surface area contributed by atoms with E-state index in [9.17, 15) is 27.5 Å². The maximum absolute atomic E-state index is 13.3. The Morgan fingerprint density at radius 3 is 2.64 bits per heavy atom. The highest BCUT2D eigenvalue weighted by molar-refractivity contribution is 5.94. The van der Waals surface area contributed by atoms with Gasteiger partial charge in [-0.25, -0.2) is 4.39 Å². The van der Waals surface area contributed by atoms with Gasteiger partial charge in [0.05, 0.1) is 29.5 Å². The number of aliphatic hydroxyl groups is 1. The van der Waals surface area contributed by atoms with Crippen molar-refractivity contribution >= 4 is 5.91 Å². The lowest BCUT2D eigenvalue weighted by Crippen LogP contribution is -2.32. The van der Waals surface area contributed by atoms with E-state index in [-0.39, 0.29) is 24.1 Å². The van der Waals surface area contributed by atoms with Crippen LogP contribution >= 0.6 is 0 Å². The lowest BCUT2D eigenvalue weighted by molar-refractivity contribution is -0.138. The van der Waals surface area contributed by atoms with Crippen LogP contribution in [0.3, 0.4) is 0 Å². The minimum Gasteiger partial charge on any atom is -0.391 e. The Labute approximate surface area is 140 Å². The predicted molar refractivity (Wildman–Crippen MR) is 80.0 cm³/mol. The van der Waals surface area contributed by atoms with E-state index in [1.54, 1.807) is 0 Å². The van der Waals surface area contributed by atoms with Crippen molar-refractivity contribution in [3.63, 3.8) is 0 Å². The third kappa shape index (κ3) is 3.48. The van der Waals surface area contributed by atoms with E-state index in [1.165, 1.54) is 18.2 Å². The van der Waals surface area contributed by atoms with Gasteiger partial charge < -0.3 is 10.0 Å². The zero-order chi connectivity index (χ0) is 18.2. The topological polar surface area (TPSA) is 53.4 Å². The van der Waals surface area contributed by atoms with Crippen LogP contribution in [0.1, 0.15) is 33.9 Å². The number of β-amino-alcohol motifs (C(OH)–C–C–N with tert-alkyl or cyclic N) is 1. The minimum atomic E-state index is -4.58. The van der Waals surface area contributed by atoms with Crippen molar-refractivity contribution < 1.29 is 27.5 Å². The van der Waals surface area contributed by atoms with Crippen LogP contribution in [0.5, 0.6) is 0 Å². The molecular weight excluding hydrogens is 340 g/mol. The highest BCUT2D eigenvalue weighted by Crippen LogP contribution is 2.40. The molecule has 1 aromatic heterocycles. The van der Waals surface area contributed by atoms with Crippen molar-refractivity contribution in [2.75, 3.05) is 6.54 Å². The van der Waals surface area contributed by atoms with Crippen LogP contribution < -0.4 is 0 Å². The van der Waals surface area contributed by atoms with Crippen LogP contribution in [0.2, 0.25) is 0 Å². The first kappa shape index (κ1) is 17.3. The van der Waals surface area contributed by atoms with E-state index in [2.05, 4.69) is 4.98 Å². The first-order chi connectivity index (χ1) is 11.8. The number of carbonyl (C=O) groups is 1. The molecule has 1 saturated heterocycles. The predicted octanol–water partition coefficient (Wildman–Crippen LogP) is 3.19. The van der Waals surface area contributed by atoms with Crippen molar-refractivity contribution in [3.05, 3.63) is 65.2 Å². The van der Waals surface area contributed by atoms with Crippen LogP contribution in [0.15, 0.2) is 42.7 Å². The summed E-state index contributed by atoms with van der Waals surface area (Å²) in [6, 6.07) is 4.94. The van der Waals surface area contributed by atoms with Gasteiger partial charge in [-0.1, -0.05) is 18.2 Å². The Balaban J connectivity index is 2.00. The van der Waals surface area contributed by atoms with Gasteiger partial charge in [0.15, 0.2) is 0 Å². The second-order valence-electron chi connectivity index (χ2n) is 5.84. The Kier molecular flexibility index (Phi) is 4.47. The van der Waals surface area contributed by atoms with Gasteiger partial charge in [0, 0.05) is 12.7 Å². The molecule has 3 rings (SSSR count). The maximum atomic E-state index is 13.3. The molecule has 4 nitrogen and oxygen atoms in total. The fourth-order valence-corrected chi connectivity index (χ4v) is 3.07. The highest BCUT2D eigenvalue weighted by Gasteiger charge is 2.41. The zero-order valence-corrected chi connectivity index (χ0v) is 12.9. The van der Waals surface area contributed by atoms with Crippen molar-refractivity contribution in [1.82, 2.24) is 9.88 Å². The molecule has 1 fully saturated rings. The Bertz CT molecular complexity index is 794. The molecule has 0 saturated carbocycles. The lowest BCUT2D eigenvalue weighted by atomic mass is 9.97. The summed E-state index contributed by atoms with van der Waals surface area (Å²) in [7, 11) is 0. The number of nitrogens with zero attached hydrogens (tertiary/aromatic N) is 2. The molecule has 0 radical (unpaired) electrons. The molecule has 0 unspecified atom stereocenters. The first-order valence-electron chi connectivity index (χ1n) is 7.53.